The highest BCUT2D eigenvalue weighted by Gasteiger charge is 2.38. The van der Waals surface area contributed by atoms with Crippen molar-refractivity contribution >= 4 is 17.6 Å². The van der Waals surface area contributed by atoms with E-state index in [1.807, 2.05) is 0 Å². The number of benzene rings is 2. The lowest BCUT2D eigenvalue weighted by atomic mass is 10.0. The van der Waals surface area contributed by atoms with Gasteiger partial charge in [-0.15, -0.1) is 0 Å². The third-order valence-electron chi connectivity index (χ3n) is 5.46. The number of alkyl halides is 3. The number of carbonyl (C=O) groups excluding carboxylic acids is 1. The Kier molecular flexibility index (Phi) is 6.34. The van der Waals surface area contributed by atoms with Crippen LogP contribution >= 0.6 is 0 Å². The van der Waals surface area contributed by atoms with Crippen LogP contribution < -0.4 is 9.64 Å². The molecule has 0 bridgehead atoms. The molecule has 1 amide bonds. The number of aliphatic carboxylic acids is 1. The molecule has 0 aliphatic carbocycles. The summed E-state index contributed by atoms with van der Waals surface area (Å²) in [5.41, 5.74) is 0.0633. The summed E-state index contributed by atoms with van der Waals surface area (Å²) in [5.74, 6) is -1.07. The second-order valence-corrected chi connectivity index (χ2v) is 8.52. The van der Waals surface area contributed by atoms with Crippen LogP contribution in [0.5, 0.6) is 5.75 Å². The van der Waals surface area contributed by atoms with Crippen molar-refractivity contribution in [2.45, 2.75) is 52.4 Å². The molecule has 1 unspecified atom stereocenters. The van der Waals surface area contributed by atoms with Crippen LogP contribution in [-0.2, 0) is 22.3 Å². The number of aryl methyl sites for hydroxylation is 2. The molecular formula is C23H25F3N2O5. The van der Waals surface area contributed by atoms with E-state index in [1.165, 1.54) is 35.8 Å². The van der Waals surface area contributed by atoms with Gasteiger partial charge in [0.05, 0.1) is 12.1 Å². The standard InChI is InChI=1S/C23H25F3N2O5/c1-13-9-15(10-14(2)19(13)33-22(3,4)20(30)31)11-28-18(29)12-27(21(28)32)17-7-5-16(6-8-17)23(24,25)26/h5-10,21,32H,11-12H2,1-4H3,(H,30,31). The largest absolute Gasteiger partial charge is 0.478 e. The van der Waals surface area contributed by atoms with Crippen molar-refractivity contribution < 1.29 is 37.7 Å². The normalized spacial score (nSPS) is 17.0. The first-order chi connectivity index (χ1) is 15.2. The SMILES string of the molecule is Cc1cc(CN2C(=O)CN(c3ccc(C(F)(F)F)cc3)C2O)cc(C)c1OC(C)(C)C(=O)O. The number of hydrogen-bond acceptors (Lipinski definition) is 5. The van der Waals surface area contributed by atoms with Gasteiger partial charge in [-0.25, -0.2) is 4.79 Å². The molecule has 0 aromatic heterocycles. The van der Waals surface area contributed by atoms with Crippen molar-refractivity contribution in [3.8, 4) is 5.75 Å². The first-order valence-electron chi connectivity index (χ1n) is 10.1. The first-order valence-corrected chi connectivity index (χ1v) is 10.1. The molecule has 2 aromatic carbocycles. The molecular weight excluding hydrogens is 441 g/mol. The number of rotatable bonds is 6. The average molecular weight is 466 g/mol. The number of aliphatic hydroxyl groups is 1. The van der Waals surface area contributed by atoms with Crippen LogP contribution in [0.1, 0.15) is 36.1 Å². The fourth-order valence-electron chi connectivity index (χ4n) is 3.64. The number of carboxylic acid groups (broad SMARTS) is 1. The van der Waals surface area contributed by atoms with Gasteiger partial charge in [-0.05, 0) is 68.7 Å². The van der Waals surface area contributed by atoms with Crippen molar-refractivity contribution in [2.24, 2.45) is 0 Å². The Bertz CT molecular complexity index is 1040. The molecule has 0 spiro atoms. The Morgan fingerprint density at radius 3 is 2.15 bits per heavy atom. The van der Waals surface area contributed by atoms with Crippen LogP contribution in [0.4, 0.5) is 18.9 Å². The van der Waals surface area contributed by atoms with E-state index in [4.69, 9.17) is 4.74 Å². The fraction of sp³-hybridized carbons (Fsp3) is 0.391. The van der Waals surface area contributed by atoms with Gasteiger partial charge < -0.3 is 19.8 Å². The molecule has 1 aliphatic heterocycles. The van der Waals surface area contributed by atoms with Gasteiger partial charge in [-0.2, -0.15) is 13.2 Å². The second kappa shape index (κ2) is 8.58. The van der Waals surface area contributed by atoms with Crippen LogP contribution in [0.25, 0.3) is 0 Å². The number of carboxylic acids is 1. The van der Waals surface area contributed by atoms with Gasteiger partial charge in [0.2, 0.25) is 12.3 Å². The minimum absolute atomic E-state index is 0.0570. The van der Waals surface area contributed by atoms with Gasteiger partial charge in [0, 0.05) is 5.69 Å². The summed E-state index contributed by atoms with van der Waals surface area (Å²) in [6.45, 7) is 6.26. The van der Waals surface area contributed by atoms with Gasteiger partial charge in [-0.1, -0.05) is 12.1 Å². The third-order valence-corrected chi connectivity index (χ3v) is 5.46. The average Bonchev–Trinajstić information content (AvgIpc) is 2.98. The molecule has 10 heteroatoms. The minimum atomic E-state index is -4.48. The highest BCUT2D eigenvalue weighted by Crippen LogP contribution is 2.33. The number of anilines is 1. The molecule has 0 saturated carbocycles. The smallest absolute Gasteiger partial charge is 0.416 e. The van der Waals surface area contributed by atoms with Gasteiger partial charge in [0.25, 0.3) is 0 Å². The number of nitrogens with zero attached hydrogens (tertiary/aromatic N) is 2. The van der Waals surface area contributed by atoms with Crippen LogP contribution in [0.2, 0.25) is 0 Å². The maximum atomic E-state index is 12.8. The Morgan fingerprint density at radius 1 is 1.12 bits per heavy atom. The van der Waals surface area contributed by atoms with Gasteiger partial charge in [0.15, 0.2) is 5.60 Å². The van der Waals surface area contributed by atoms with Crippen molar-refractivity contribution in [2.75, 3.05) is 11.4 Å². The molecule has 178 valence electrons. The summed E-state index contributed by atoms with van der Waals surface area (Å²) in [6, 6.07) is 7.71. The summed E-state index contributed by atoms with van der Waals surface area (Å²) < 4.78 is 44.1. The molecule has 1 fully saturated rings. The lowest BCUT2D eigenvalue weighted by Gasteiger charge is -2.28. The molecule has 7 nitrogen and oxygen atoms in total. The third kappa shape index (κ3) is 5.05. The molecule has 2 aromatic rings. The van der Waals surface area contributed by atoms with Crippen LogP contribution in [-0.4, -0.2) is 45.5 Å². The van der Waals surface area contributed by atoms with Crippen molar-refractivity contribution in [3.05, 3.63) is 58.7 Å². The Morgan fingerprint density at radius 2 is 1.67 bits per heavy atom. The lowest BCUT2D eigenvalue weighted by Crippen LogP contribution is -2.39. The Hall–Kier alpha value is -3.27. The van der Waals surface area contributed by atoms with Crippen molar-refractivity contribution in [1.29, 1.82) is 0 Å². The molecule has 1 saturated heterocycles. The van der Waals surface area contributed by atoms with E-state index in [0.29, 0.717) is 28.1 Å². The summed E-state index contributed by atoms with van der Waals surface area (Å²) >= 11 is 0. The molecule has 1 aliphatic rings. The number of halogens is 3. The monoisotopic (exact) mass is 466 g/mol. The summed E-state index contributed by atoms with van der Waals surface area (Å²) in [5, 5.41) is 20.0. The van der Waals surface area contributed by atoms with Gasteiger partial charge in [-0.3, -0.25) is 9.69 Å². The molecule has 1 atom stereocenters. The molecule has 33 heavy (non-hydrogen) atoms. The van der Waals surface area contributed by atoms with E-state index in [2.05, 4.69) is 0 Å². The lowest BCUT2D eigenvalue weighted by molar-refractivity contribution is -0.152. The van der Waals surface area contributed by atoms with Crippen molar-refractivity contribution in [3.63, 3.8) is 0 Å². The molecule has 0 radical (unpaired) electrons. The number of ether oxygens (including phenoxy) is 1. The summed E-state index contributed by atoms with van der Waals surface area (Å²) in [4.78, 5) is 26.5. The first kappa shape index (κ1) is 24.4. The zero-order chi connectivity index (χ0) is 24.7. The highest BCUT2D eigenvalue weighted by molar-refractivity contribution is 5.85. The number of aliphatic hydroxyl groups excluding tert-OH is 1. The summed E-state index contributed by atoms with van der Waals surface area (Å²) in [7, 11) is 0. The topological polar surface area (TPSA) is 90.3 Å². The van der Waals surface area contributed by atoms with Crippen molar-refractivity contribution in [1.82, 2.24) is 4.90 Å². The Labute approximate surface area is 189 Å². The summed E-state index contributed by atoms with van der Waals surface area (Å²) in [6.07, 6.45) is -5.83. The van der Waals surface area contributed by atoms with Gasteiger partial charge >= 0.3 is 12.1 Å². The fourth-order valence-corrected chi connectivity index (χ4v) is 3.64. The number of hydrogen-bond donors (Lipinski definition) is 2. The Balaban J connectivity index is 1.78. The van der Waals surface area contributed by atoms with Crippen LogP contribution in [0.15, 0.2) is 36.4 Å². The maximum Gasteiger partial charge on any atom is 0.416 e. The number of carbonyl (C=O) groups is 2. The molecule has 2 N–H and O–H groups in total. The van der Waals surface area contributed by atoms with E-state index in [9.17, 15) is 33.0 Å². The predicted octanol–water partition coefficient (Wildman–Crippen LogP) is 3.69. The highest BCUT2D eigenvalue weighted by atomic mass is 19.4. The van der Waals surface area contributed by atoms with E-state index in [0.717, 1.165) is 12.1 Å². The predicted molar refractivity (Wildman–Crippen MR) is 114 cm³/mol. The quantitative estimate of drug-likeness (QED) is 0.675. The second-order valence-electron chi connectivity index (χ2n) is 8.52. The minimum Gasteiger partial charge on any atom is -0.478 e. The van der Waals surface area contributed by atoms with E-state index in [-0.39, 0.29) is 19.0 Å². The van der Waals surface area contributed by atoms with E-state index < -0.39 is 29.7 Å². The van der Waals surface area contributed by atoms with E-state index in [1.54, 1.807) is 26.0 Å². The van der Waals surface area contributed by atoms with E-state index >= 15 is 0 Å². The molecule has 1 heterocycles. The maximum absolute atomic E-state index is 12.8. The zero-order valence-electron chi connectivity index (χ0n) is 18.6. The van der Waals surface area contributed by atoms with Crippen LogP contribution in [0, 0.1) is 13.8 Å². The zero-order valence-corrected chi connectivity index (χ0v) is 18.6. The van der Waals surface area contributed by atoms with Crippen LogP contribution in [0.3, 0.4) is 0 Å². The van der Waals surface area contributed by atoms with Gasteiger partial charge in [0.1, 0.15) is 12.3 Å². The number of amides is 1. The molecule has 3 rings (SSSR count).